The monoisotopic (exact) mass is 447 g/mol. The molecule has 0 bridgehead atoms. The van der Waals surface area contributed by atoms with Crippen LogP contribution in [-0.2, 0) is 12.1 Å². The van der Waals surface area contributed by atoms with Gasteiger partial charge < -0.3 is 5.11 Å². The van der Waals surface area contributed by atoms with Crippen LogP contribution < -0.4 is 0 Å². The fourth-order valence-electron chi connectivity index (χ4n) is 3.38. The van der Waals surface area contributed by atoms with Crippen LogP contribution in [0, 0.1) is 11.6 Å². The van der Waals surface area contributed by atoms with Gasteiger partial charge in [0.15, 0.2) is 0 Å². The maximum Gasteiger partial charge on any atom is 0.137 e. The Morgan fingerprint density at radius 2 is 2.00 bits per heavy atom. The van der Waals surface area contributed by atoms with Crippen molar-refractivity contribution in [3.63, 3.8) is 0 Å². The van der Waals surface area contributed by atoms with Crippen molar-refractivity contribution in [3.05, 3.63) is 76.9 Å². The summed E-state index contributed by atoms with van der Waals surface area (Å²) in [7, 11) is 0. The Hall–Kier alpha value is -2.65. The fraction of sp³-hybridized carbons (Fsp3) is 0.211. The Morgan fingerprint density at radius 1 is 1.18 bits per heavy atom. The van der Waals surface area contributed by atoms with Gasteiger partial charge in [0, 0.05) is 21.5 Å². The van der Waals surface area contributed by atoms with Crippen molar-refractivity contribution in [2.24, 2.45) is 0 Å². The van der Waals surface area contributed by atoms with E-state index in [1.807, 2.05) is 18.2 Å². The van der Waals surface area contributed by atoms with E-state index in [4.69, 9.17) is 0 Å². The first-order valence-electron chi connectivity index (χ1n) is 8.51. The molecule has 0 saturated heterocycles. The molecule has 1 N–H and O–H groups in total. The Balaban J connectivity index is 1.86. The zero-order valence-electron chi connectivity index (χ0n) is 14.8. The van der Waals surface area contributed by atoms with Crippen LogP contribution in [-0.4, -0.2) is 29.7 Å². The predicted molar refractivity (Wildman–Crippen MR) is 102 cm³/mol. The summed E-state index contributed by atoms with van der Waals surface area (Å²) in [5.41, 5.74) is -1.04. The van der Waals surface area contributed by atoms with Crippen molar-refractivity contribution in [2.75, 3.05) is 0 Å². The van der Waals surface area contributed by atoms with Crippen LogP contribution in [0.1, 0.15) is 18.5 Å². The van der Waals surface area contributed by atoms with Crippen molar-refractivity contribution in [1.82, 2.24) is 24.5 Å². The van der Waals surface area contributed by atoms with E-state index in [1.165, 1.54) is 23.4 Å². The number of aromatic nitrogens is 5. The normalized spacial score (nSPS) is 14.9. The maximum atomic E-state index is 14.7. The molecule has 28 heavy (non-hydrogen) atoms. The molecule has 0 aliphatic carbocycles. The van der Waals surface area contributed by atoms with Crippen LogP contribution in [0.4, 0.5) is 8.78 Å². The minimum Gasteiger partial charge on any atom is -0.381 e. The second kappa shape index (κ2) is 7.06. The largest absolute Gasteiger partial charge is 0.381 e. The van der Waals surface area contributed by atoms with E-state index in [9.17, 15) is 13.9 Å². The molecule has 0 spiro atoms. The average molecular weight is 448 g/mol. The lowest BCUT2D eigenvalue weighted by Gasteiger charge is -2.35. The number of hydrogen-bond acceptors (Lipinski definition) is 4. The highest BCUT2D eigenvalue weighted by Crippen LogP contribution is 2.38. The highest BCUT2D eigenvalue weighted by Gasteiger charge is 2.41. The molecule has 0 amide bonds. The summed E-state index contributed by atoms with van der Waals surface area (Å²) in [6.07, 6.45) is 4.43. The predicted octanol–water partition coefficient (Wildman–Crippen LogP) is 3.82. The third-order valence-corrected chi connectivity index (χ3v) is 5.38. The SMILES string of the molecule is CC(n1ncc2cc(Br)ccc21)C(O)(Cn1cncn1)c1ccc(F)cc1F. The number of rotatable bonds is 5. The van der Waals surface area contributed by atoms with Crippen molar-refractivity contribution >= 4 is 26.8 Å². The van der Waals surface area contributed by atoms with E-state index in [0.717, 1.165) is 27.5 Å². The van der Waals surface area contributed by atoms with Crippen LogP contribution >= 0.6 is 15.9 Å². The molecule has 2 heterocycles. The fourth-order valence-corrected chi connectivity index (χ4v) is 3.76. The lowest BCUT2D eigenvalue weighted by Crippen LogP contribution is -2.41. The van der Waals surface area contributed by atoms with Crippen LogP contribution in [0.5, 0.6) is 0 Å². The summed E-state index contributed by atoms with van der Waals surface area (Å²) in [6.45, 7) is 1.64. The van der Waals surface area contributed by atoms with Crippen LogP contribution in [0.15, 0.2) is 59.7 Å². The molecule has 0 saturated carbocycles. The quantitative estimate of drug-likeness (QED) is 0.504. The minimum atomic E-state index is -1.77. The molecule has 2 unspecified atom stereocenters. The number of aliphatic hydroxyl groups is 1. The molecule has 2 aromatic heterocycles. The number of fused-ring (bicyclic) bond motifs is 1. The highest BCUT2D eigenvalue weighted by atomic mass is 79.9. The summed E-state index contributed by atoms with van der Waals surface area (Å²) >= 11 is 3.42. The molecular formula is C19H16BrF2N5O. The number of hydrogen-bond donors (Lipinski definition) is 1. The Bertz CT molecular complexity index is 1130. The molecule has 2 atom stereocenters. The van der Waals surface area contributed by atoms with E-state index < -0.39 is 23.3 Å². The highest BCUT2D eigenvalue weighted by molar-refractivity contribution is 9.10. The molecular weight excluding hydrogens is 432 g/mol. The lowest BCUT2D eigenvalue weighted by atomic mass is 9.86. The topological polar surface area (TPSA) is 68.8 Å². The van der Waals surface area contributed by atoms with E-state index >= 15 is 0 Å². The summed E-state index contributed by atoms with van der Waals surface area (Å²) in [5.74, 6) is -1.56. The Morgan fingerprint density at radius 3 is 2.71 bits per heavy atom. The van der Waals surface area contributed by atoms with Crippen molar-refractivity contribution in [1.29, 1.82) is 0 Å². The second-order valence-electron chi connectivity index (χ2n) is 6.61. The van der Waals surface area contributed by atoms with Gasteiger partial charge in [-0.1, -0.05) is 22.0 Å². The maximum absolute atomic E-state index is 14.7. The van der Waals surface area contributed by atoms with E-state index in [1.54, 1.807) is 17.8 Å². The summed E-state index contributed by atoms with van der Waals surface area (Å²) in [5, 5.41) is 20.9. The summed E-state index contributed by atoms with van der Waals surface area (Å²) in [4.78, 5) is 3.88. The van der Waals surface area contributed by atoms with Gasteiger partial charge in [-0.05, 0) is 31.2 Å². The molecule has 6 nitrogen and oxygen atoms in total. The zero-order valence-corrected chi connectivity index (χ0v) is 16.4. The smallest absolute Gasteiger partial charge is 0.137 e. The molecule has 2 aromatic carbocycles. The number of benzene rings is 2. The molecule has 0 radical (unpaired) electrons. The third-order valence-electron chi connectivity index (χ3n) is 4.88. The Labute approximate surface area is 167 Å². The molecule has 0 fully saturated rings. The first-order valence-corrected chi connectivity index (χ1v) is 9.31. The van der Waals surface area contributed by atoms with Crippen molar-refractivity contribution < 1.29 is 13.9 Å². The first-order chi connectivity index (χ1) is 13.4. The third kappa shape index (κ3) is 3.20. The van der Waals surface area contributed by atoms with Gasteiger partial charge in [-0.3, -0.25) is 4.68 Å². The van der Waals surface area contributed by atoms with Crippen molar-refractivity contribution in [2.45, 2.75) is 25.1 Å². The molecule has 0 aliphatic rings. The van der Waals surface area contributed by atoms with E-state index in [0.29, 0.717) is 0 Å². The van der Waals surface area contributed by atoms with Gasteiger partial charge >= 0.3 is 0 Å². The summed E-state index contributed by atoms with van der Waals surface area (Å²) in [6, 6.07) is 8.06. The van der Waals surface area contributed by atoms with E-state index in [2.05, 4.69) is 31.1 Å². The summed E-state index contributed by atoms with van der Waals surface area (Å²) < 4.78 is 32.1. The molecule has 4 rings (SSSR count). The van der Waals surface area contributed by atoms with Gasteiger partial charge in [0.25, 0.3) is 0 Å². The number of halogens is 3. The van der Waals surface area contributed by atoms with Crippen LogP contribution in [0.25, 0.3) is 10.9 Å². The Kier molecular flexibility index (Phi) is 4.72. The average Bonchev–Trinajstić information content (AvgIpc) is 3.30. The second-order valence-corrected chi connectivity index (χ2v) is 7.53. The van der Waals surface area contributed by atoms with Gasteiger partial charge in [-0.2, -0.15) is 10.2 Å². The van der Waals surface area contributed by atoms with Gasteiger partial charge in [0.05, 0.1) is 24.3 Å². The van der Waals surface area contributed by atoms with Gasteiger partial charge in [-0.25, -0.2) is 18.4 Å². The molecule has 4 aromatic rings. The van der Waals surface area contributed by atoms with E-state index in [-0.39, 0.29) is 12.1 Å². The van der Waals surface area contributed by atoms with Gasteiger partial charge in [-0.15, -0.1) is 0 Å². The lowest BCUT2D eigenvalue weighted by molar-refractivity contribution is -0.0354. The van der Waals surface area contributed by atoms with Crippen LogP contribution in [0.2, 0.25) is 0 Å². The van der Waals surface area contributed by atoms with Gasteiger partial charge in [0.2, 0.25) is 0 Å². The molecule has 0 aliphatic heterocycles. The zero-order chi connectivity index (χ0) is 19.9. The first kappa shape index (κ1) is 18.7. The molecule has 9 heteroatoms. The molecule has 144 valence electrons. The standard InChI is InChI=1S/C19H16BrF2N5O/c1-12(27-18-5-2-14(20)6-13(18)8-24-27)19(28,9-26-11-23-10-25-26)16-4-3-15(21)7-17(16)22/h2-8,10-12,28H,9H2,1H3. The van der Waals surface area contributed by atoms with Crippen LogP contribution in [0.3, 0.4) is 0 Å². The minimum absolute atomic E-state index is 0.0438. The van der Waals surface area contributed by atoms with Crippen molar-refractivity contribution in [3.8, 4) is 0 Å². The number of nitrogens with zero attached hydrogens (tertiary/aromatic N) is 5. The van der Waals surface area contributed by atoms with Gasteiger partial charge in [0.1, 0.15) is 29.9 Å².